The molecule has 3 heteroatoms. The van der Waals surface area contributed by atoms with E-state index in [1.165, 1.54) is 29.2 Å². The Kier molecular flexibility index (Phi) is 5.50. The quantitative estimate of drug-likeness (QED) is 0.711. The van der Waals surface area contributed by atoms with Crippen LogP contribution in [-0.4, -0.2) is 30.4 Å². The van der Waals surface area contributed by atoms with Gasteiger partial charge in [0.15, 0.2) is 0 Å². The highest BCUT2D eigenvalue weighted by Gasteiger charge is 2.23. The Bertz CT molecular complexity index is 900. The van der Waals surface area contributed by atoms with Crippen LogP contribution in [0.5, 0.6) is 0 Å². The van der Waals surface area contributed by atoms with Gasteiger partial charge in [0.05, 0.1) is 12.5 Å². The molecule has 0 aromatic heterocycles. The largest absolute Gasteiger partial charge is 0.354 e. The molecule has 4 rings (SSSR count). The molecular weight excluding hydrogens is 332 g/mol. The van der Waals surface area contributed by atoms with E-state index in [1.807, 2.05) is 18.2 Å². The van der Waals surface area contributed by atoms with Crippen molar-refractivity contribution in [3.05, 3.63) is 83.9 Å². The van der Waals surface area contributed by atoms with Gasteiger partial charge in [-0.2, -0.15) is 0 Å². The van der Waals surface area contributed by atoms with Crippen molar-refractivity contribution in [3.63, 3.8) is 0 Å². The van der Waals surface area contributed by atoms with Gasteiger partial charge in [-0.3, -0.25) is 9.69 Å². The van der Waals surface area contributed by atoms with Gasteiger partial charge in [-0.05, 0) is 47.8 Å². The fourth-order valence-corrected chi connectivity index (χ4v) is 3.99. The lowest BCUT2D eigenvalue weighted by Crippen LogP contribution is -2.37. The fraction of sp³-hybridized carbons (Fsp3) is 0.292. The molecule has 138 valence electrons. The minimum Gasteiger partial charge on any atom is -0.354 e. The third kappa shape index (κ3) is 4.37. The average molecular weight is 358 g/mol. The molecule has 0 bridgehead atoms. The lowest BCUT2D eigenvalue weighted by molar-refractivity contribution is -0.120. The number of hydrogen-bond acceptors (Lipinski definition) is 2. The lowest BCUT2D eigenvalue weighted by Gasteiger charge is -2.28. The van der Waals surface area contributed by atoms with Crippen molar-refractivity contribution < 1.29 is 4.79 Å². The number of nitrogens with one attached hydrogen (secondary N) is 1. The van der Waals surface area contributed by atoms with E-state index in [4.69, 9.17) is 0 Å². The average Bonchev–Trinajstić information content (AvgIpc) is 3.23. The molecule has 0 unspecified atom stereocenters. The van der Waals surface area contributed by atoms with Crippen LogP contribution in [0.25, 0.3) is 10.8 Å². The zero-order valence-electron chi connectivity index (χ0n) is 15.6. The Labute approximate surface area is 161 Å². The maximum absolute atomic E-state index is 12.6. The smallest absolute Gasteiger partial charge is 0.224 e. The molecule has 0 spiro atoms. The highest BCUT2D eigenvalue weighted by molar-refractivity contribution is 5.85. The third-order valence-corrected chi connectivity index (χ3v) is 5.44. The Morgan fingerprint density at radius 3 is 2.37 bits per heavy atom. The minimum atomic E-state index is 0.0883. The first kappa shape index (κ1) is 17.7. The Balaban J connectivity index is 1.41. The standard InChI is InChI=1S/C24H26N2O/c27-24(17-19-12-13-20-8-4-5-11-22(20)16-19)25-18-23(26-14-6-7-15-26)21-9-2-1-3-10-21/h1-5,8-13,16,23H,6-7,14-15,17-18H2,(H,25,27)/t23-/m1/s1. The summed E-state index contributed by atoms with van der Waals surface area (Å²) in [5, 5.41) is 5.56. The first-order valence-electron chi connectivity index (χ1n) is 9.83. The zero-order chi connectivity index (χ0) is 18.5. The summed E-state index contributed by atoms with van der Waals surface area (Å²) in [5.41, 5.74) is 2.34. The van der Waals surface area contributed by atoms with Crippen molar-refractivity contribution in [1.82, 2.24) is 10.2 Å². The number of amides is 1. The van der Waals surface area contributed by atoms with Crippen LogP contribution >= 0.6 is 0 Å². The van der Waals surface area contributed by atoms with Gasteiger partial charge in [-0.15, -0.1) is 0 Å². The van der Waals surface area contributed by atoms with E-state index in [9.17, 15) is 4.79 Å². The number of benzene rings is 3. The highest BCUT2D eigenvalue weighted by atomic mass is 16.1. The number of fused-ring (bicyclic) bond motifs is 1. The van der Waals surface area contributed by atoms with Gasteiger partial charge in [0, 0.05) is 6.54 Å². The third-order valence-electron chi connectivity index (χ3n) is 5.44. The second kappa shape index (κ2) is 8.36. The number of carbonyl (C=O) groups is 1. The minimum absolute atomic E-state index is 0.0883. The molecule has 27 heavy (non-hydrogen) atoms. The van der Waals surface area contributed by atoms with Crippen LogP contribution < -0.4 is 5.32 Å². The zero-order valence-corrected chi connectivity index (χ0v) is 15.6. The van der Waals surface area contributed by atoms with Crippen LogP contribution in [0.4, 0.5) is 0 Å². The van der Waals surface area contributed by atoms with Gasteiger partial charge >= 0.3 is 0 Å². The van der Waals surface area contributed by atoms with Crippen LogP contribution in [0.3, 0.4) is 0 Å². The van der Waals surface area contributed by atoms with Crippen molar-refractivity contribution in [2.75, 3.05) is 19.6 Å². The van der Waals surface area contributed by atoms with Crippen molar-refractivity contribution in [3.8, 4) is 0 Å². The number of nitrogens with zero attached hydrogens (tertiary/aromatic N) is 1. The molecule has 3 nitrogen and oxygen atoms in total. The summed E-state index contributed by atoms with van der Waals surface area (Å²) in [5.74, 6) is 0.0883. The van der Waals surface area contributed by atoms with Gasteiger partial charge in [0.1, 0.15) is 0 Å². The van der Waals surface area contributed by atoms with E-state index in [-0.39, 0.29) is 11.9 Å². The number of rotatable bonds is 6. The molecule has 1 aliphatic heterocycles. The van der Waals surface area contributed by atoms with Crippen molar-refractivity contribution in [2.45, 2.75) is 25.3 Å². The molecule has 1 aliphatic rings. The molecule has 1 heterocycles. The van der Waals surface area contributed by atoms with Gasteiger partial charge in [0.25, 0.3) is 0 Å². The maximum atomic E-state index is 12.6. The van der Waals surface area contributed by atoms with Crippen LogP contribution in [-0.2, 0) is 11.2 Å². The molecule has 1 saturated heterocycles. The normalized spacial score (nSPS) is 15.7. The lowest BCUT2D eigenvalue weighted by atomic mass is 10.0. The molecule has 1 atom stereocenters. The first-order valence-corrected chi connectivity index (χ1v) is 9.83. The molecule has 1 N–H and O–H groups in total. The van der Waals surface area contributed by atoms with E-state index in [0.717, 1.165) is 18.7 Å². The fourth-order valence-electron chi connectivity index (χ4n) is 3.99. The molecular formula is C24H26N2O. The van der Waals surface area contributed by atoms with Crippen LogP contribution in [0, 0.1) is 0 Å². The van der Waals surface area contributed by atoms with Crippen molar-refractivity contribution in [2.24, 2.45) is 0 Å². The van der Waals surface area contributed by atoms with E-state index in [0.29, 0.717) is 13.0 Å². The van der Waals surface area contributed by atoms with Crippen LogP contribution in [0.15, 0.2) is 72.8 Å². The van der Waals surface area contributed by atoms with E-state index >= 15 is 0 Å². The molecule has 1 amide bonds. The maximum Gasteiger partial charge on any atom is 0.224 e. The predicted octanol–water partition coefficient (Wildman–Crippen LogP) is 4.34. The number of carbonyl (C=O) groups excluding carboxylic acids is 1. The van der Waals surface area contributed by atoms with Crippen LogP contribution in [0.2, 0.25) is 0 Å². The molecule has 1 fully saturated rings. The Hall–Kier alpha value is -2.65. The summed E-state index contributed by atoms with van der Waals surface area (Å²) >= 11 is 0. The monoisotopic (exact) mass is 358 g/mol. The van der Waals surface area contributed by atoms with Gasteiger partial charge in [-0.1, -0.05) is 72.8 Å². The summed E-state index contributed by atoms with van der Waals surface area (Å²) in [6, 6.07) is 25.3. The van der Waals surface area contributed by atoms with Gasteiger partial charge in [0.2, 0.25) is 5.91 Å². The molecule has 0 saturated carbocycles. The number of likely N-dealkylation sites (tertiary alicyclic amines) is 1. The summed E-state index contributed by atoms with van der Waals surface area (Å²) < 4.78 is 0. The van der Waals surface area contributed by atoms with Gasteiger partial charge < -0.3 is 5.32 Å². The predicted molar refractivity (Wildman–Crippen MR) is 111 cm³/mol. The molecule has 3 aromatic carbocycles. The Morgan fingerprint density at radius 1 is 0.889 bits per heavy atom. The molecule has 0 radical (unpaired) electrons. The van der Waals surface area contributed by atoms with E-state index in [2.05, 4.69) is 64.8 Å². The van der Waals surface area contributed by atoms with Crippen molar-refractivity contribution >= 4 is 16.7 Å². The van der Waals surface area contributed by atoms with Crippen LogP contribution in [0.1, 0.15) is 30.0 Å². The summed E-state index contributed by atoms with van der Waals surface area (Å²) in [4.78, 5) is 15.1. The SMILES string of the molecule is O=C(Cc1ccc2ccccc2c1)NC[C@H](c1ccccc1)N1CCCC1. The summed E-state index contributed by atoms with van der Waals surface area (Å²) in [6.45, 7) is 2.89. The summed E-state index contributed by atoms with van der Waals surface area (Å²) in [7, 11) is 0. The molecule has 0 aliphatic carbocycles. The topological polar surface area (TPSA) is 32.3 Å². The summed E-state index contributed by atoms with van der Waals surface area (Å²) in [6.07, 6.45) is 2.91. The Morgan fingerprint density at radius 2 is 1.59 bits per heavy atom. The van der Waals surface area contributed by atoms with E-state index < -0.39 is 0 Å². The number of hydrogen-bond donors (Lipinski definition) is 1. The second-order valence-corrected chi connectivity index (χ2v) is 7.33. The second-order valence-electron chi connectivity index (χ2n) is 7.33. The van der Waals surface area contributed by atoms with Gasteiger partial charge in [-0.25, -0.2) is 0 Å². The van der Waals surface area contributed by atoms with E-state index in [1.54, 1.807) is 0 Å². The van der Waals surface area contributed by atoms with Crippen molar-refractivity contribution in [1.29, 1.82) is 0 Å². The molecule has 3 aromatic rings. The highest BCUT2D eigenvalue weighted by Crippen LogP contribution is 2.24. The first-order chi connectivity index (χ1) is 13.3.